The number of hydrogen-bond donors (Lipinski definition) is 3. The number of hydrogen-bond acceptors (Lipinski definition) is 4. The van der Waals surface area contributed by atoms with Crippen molar-refractivity contribution in [2.24, 2.45) is 0 Å². The van der Waals surface area contributed by atoms with Crippen LogP contribution in [-0.4, -0.2) is 58.4 Å². The lowest BCUT2D eigenvalue weighted by atomic mass is 9.76. The van der Waals surface area contributed by atoms with E-state index in [4.69, 9.17) is 0 Å². The zero-order valence-electron chi connectivity index (χ0n) is 15.8. The second kappa shape index (κ2) is 7.31. The molecule has 0 spiro atoms. The van der Waals surface area contributed by atoms with Crippen LogP contribution < -0.4 is 10.6 Å². The zero-order chi connectivity index (χ0) is 18.9. The molecule has 0 aromatic carbocycles. The topological polar surface area (TPSA) is 90.1 Å². The molecule has 7 nitrogen and oxygen atoms in total. The number of aromatic nitrogens is 2. The number of likely N-dealkylation sites (N-methyl/N-ethyl adjacent to an activating group) is 1. The Morgan fingerprint density at radius 2 is 2.22 bits per heavy atom. The van der Waals surface area contributed by atoms with Crippen LogP contribution in [0, 0.1) is 0 Å². The maximum absolute atomic E-state index is 12.7. The van der Waals surface area contributed by atoms with Crippen LogP contribution >= 0.6 is 0 Å². The van der Waals surface area contributed by atoms with Crippen LogP contribution in [0.3, 0.4) is 0 Å². The van der Waals surface area contributed by atoms with Gasteiger partial charge in [0.15, 0.2) is 0 Å². The maximum Gasteiger partial charge on any atom is 0.237 e. The molecule has 0 radical (unpaired) electrons. The van der Waals surface area contributed by atoms with Gasteiger partial charge in [0, 0.05) is 24.3 Å². The fourth-order valence-electron chi connectivity index (χ4n) is 4.26. The van der Waals surface area contributed by atoms with E-state index in [1.54, 1.807) is 12.4 Å². The quantitative estimate of drug-likeness (QED) is 0.717. The van der Waals surface area contributed by atoms with Crippen LogP contribution in [0.25, 0.3) is 10.9 Å². The predicted octanol–water partition coefficient (Wildman–Crippen LogP) is 1.35. The van der Waals surface area contributed by atoms with Gasteiger partial charge in [-0.25, -0.2) is 0 Å². The fraction of sp³-hybridized carbons (Fsp3) is 0.550. The van der Waals surface area contributed by atoms with Gasteiger partial charge in [-0.3, -0.25) is 19.5 Å². The average molecular weight is 369 g/mol. The minimum absolute atomic E-state index is 0.000328. The van der Waals surface area contributed by atoms with Gasteiger partial charge in [0.05, 0.1) is 29.7 Å². The number of amides is 2. The lowest BCUT2D eigenvalue weighted by Crippen LogP contribution is -2.61. The third-order valence-corrected chi connectivity index (χ3v) is 6.06. The first-order valence-corrected chi connectivity index (χ1v) is 9.75. The monoisotopic (exact) mass is 369 g/mol. The van der Waals surface area contributed by atoms with Crippen LogP contribution in [0.2, 0.25) is 0 Å². The number of carbonyl (C=O) groups is 2. The molecule has 1 unspecified atom stereocenters. The number of pyridine rings is 1. The van der Waals surface area contributed by atoms with Crippen LogP contribution in [0.1, 0.15) is 37.7 Å². The third kappa shape index (κ3) is 3.69. The minimum Gasteiger partial charge on any atom is -0.360 e. The normalized spacial score (nSPS) is 21.7. The first kappa shape index (κ1) is 18.0. The lowest BCUT2D eigenvalue weighted by Gasteiger charge is -2.43. The average Bonchev–Trinajstić information content (AvgIpc) is 3.23. The number of nitrogens with zero attached hydrogens (tertiary/aromatic N) is 2. The second-order valence-electron chi connectivity index (χ2n) is 7.95. The van der Waals surface area contributed by atoms with Crippen molar-refractivity contribution in [3.63, 3.8) is 0 Å². The summed E-state index contributed by atoms with van der Waals surface area (Å²) in [5, 5.41) is 7.30. The van der Waals surface area contributed by atoms with Gasteiger partial charge in [0.25, 0.3) is 0 Å². The number of carbonyl (C=O) groups excluding carboxylic acids is 2. The number of aromatic amines is 1. The summed E-state index contributed by atoms with van der Waals surface area (Å²) in [4.78, 5) is 34.5. The molecule has 4 rings (SSSR count). The molecular formula is C20H27N5O2. The number of rotatable bonds is 6. The highest BCUT2D eigenvalue weighted by molar-refractivity contribution is 5.88. The molecule has 2 aromatic rings. The van der Waals surface area contributed by atoms with Crippen LogP contribution in [0.5, 0.6) is 0 Å². The Balaban J connectivity index is 1.35. The Morgan fingerprint density at radius 1 is 1.37 bits per heavy atom. The van der Waals surface area contributed by atoms with Gasteiger partial charge in [-0.05, 0) is 57.3 Å². The van der Waals surface area contributed by atoms with Gasteiger partial charge in [0.2, 0.25) is 11.8 Å². The first-order valence-electron chi connectivity index (χ1n) is 9.75. The van der Waals surface area contributed by atoms with E-state index in [0.29, 0.717) is 13.0 Å². The molecule has 1 atom stereocenters. The Labute approximate surface area is 158 Å². The van der Waals surface area contributed by atoms with Crippen molar-refractivity contribution in [3.8, 4) is 0 Å². The summed E-state index contributed by atoms with van der Waals surface area (Å²) in [7, 11) is 1.99. The van der Waals surface area contributed by atoms with Gasteiger partial charge < -0.3 is 15.6 Å². The molecule has 1 saturated heterocycles. The van der Waals surface area contributed by atoms with Crippen molar-refractivity contribution in [3.05, 3.63) is 30.2 Å². The van der Waals surface area contributed by atoms with E-state index >= 15 is 0 Å². The first-order chi connectivity index (χ1) is 13.1. The fourth-order valence-corrected chi connectivity index (χ4v) is 4.26. The van der Waals surface area contributed by atoms with E-state index in [2.05, 4.69) is 25.5 Å². The molecule has 2 amide bonds. The molecule has 0 bridgehead atoms. The second-order valence-corrected chi connectivity index (χ2v) is 7.95. The van der Waals surface area contributed by atoms with E-state index in [0.717, 1.165) is 55.1 Å². The standard InChI is InChI=1S/C20H27N5O2/c1-25-9-2-4-17(25)19(27)23-13-20(6-3-7-20)24-18(26)10-14-11-22-16-12-21-8-5-15(14)16/h5,8,11-12,17,22H,2-4,6-7,9-10,13H2,1H3,(H,23,27)(H,24,26). The summed E-state index contributed by atoms with van der Waals surface area (Å²) in [5.41, 5.74) is 1.61. The SMILES string of the molecule is CN1CCCC1C(=O)NCC1(NC(=O)Cc2c[nH]c3cnccc23)CCC1. The summed E-state index contributed by atoms with van der Waals surface area (Å²) >= 11 is 0. The number of likely N-dealkylation sites (tertiary alicyclic amines) is 1. The van der Waals surface area contributed by atoms with Gasteiger partial charge in [-0.15, -0.1) is 0 Å². The van der Waals surface area contributed by atoms with Gasteiger partial charge >= 0.3 is 0 Å². The van der Waals surface area contributed by atoms with Gasteiger partial charge in [-0.2, -0.15) is 0 Å². The van der Waals surface area contributed by atoms with E-state index in [1.165, 1.54) is 0 Å². The van der Waals surface area contributed by atoms with Crippen molar-refractivity contribution in [1.82, 2.24) is 25.5 Å². The summed E-state index contributed by atoms with van der Waals surface area (Å²) in [6.45, 7) is 1.49. The molecule has 7 heteroatoms. The van der Waals surface area contributed by atoms with Crippen LogP contribution in [0.4, 0.5) is 0 Å². The summed E-state index contributed by atoms with van der Waals surface area (Å²) in [6, 6.07) is 1.89. The van der Waals surface area contributed by atoms with Crippen molar-refractivity contribution < 1.29 is 9.59 Å². The number of nitrogens with one attached hydrogen (secondary N) is 3. The molecule has 1 aliphatic carbocycles. The highest BCUT2D eigenvalue weighted by Crippen LogP contribution is 2.31. The van der Waals surface area contributed by atoms with E-state index in [1.807, 2.05) is 19.3 Å². The van der Waals surface area contributed by atoms with Gasteiger partial charge in [-0.1, -0.05) is 0 Å². The van der Waals surface area contributed by atoms with Crippen molar-refractivity contribution in [1.29, 1.82) is 0 Å². The molecule has 144 valence electrons. The highest BCUT2D eigenvalue weighted by Gasteiger charge is 2.39. The molecular weight excluding hydrogens is 342 g/mol. The molecule has 2 aromatic heterocycles. The Kier molecular flexibility index (Phi) is 4.86. The Bertz CT molecular complexity index is 842. The summed E-state index contributed by atoms with van der Waals surface area (Å²) in [5.74, 6) is 0.0827. The molecule has 3 N–H and O–H groups in total. The van der Waals surface area contributed by atoms with Crippen LogP contribution in [0.15, 0.2) is 24.7 Å². The summed E-state index contributed by atoms with van der Waals surface area (Å²) < 4.78 is 0. The number of fused-ring (bicyclic) bond motifs is 1. The van der Waals surface area contributed by atoms with Crippen molar-refractivity contribution in [2.75, 3.05) is 20.1 Å². The van der Waals surface area contributed by atoms with E-state index < -0.39 is 0 Å². The number of H-pyrrole nitrogens is 1. The maximum atomic E-state index is 12.7. The third-order valence-electron chi connectivity index (χ3n) is 6.06. The minimum atomic E-state index is -0.294. The van der Waals surface area contributed by atoms with Crippen molar-refractivity contribution in [2.45, 2.75) is 50.1 Å². The smallest absolute Gasteiger partial charge is 0.237 e. The molecule has 1 aliphatic heterocycles. The molecule has 2 fully saturated rings. The Morgan fingerprint density at radius 3 is 2.93 bits per heavy atom. The van der Waals surface area contributed by atoms with Crippen LogP contribution in [-0.2, 0) is 16.0 Å². The Hall–Kier alpha value is -2.41. The zero-order valence-corrected chi connectivity index (χ0v) is 15.8. The highest BCUT2D eigenvalue weighted by atomic mass is 16.2. The van der Waals surface area contributed by atoms with E-state index in [-0.39, 0.29) is 23.4 Å². The molecule has 2 aliphatic rings. The van der Waals surface area contributed by atoms with Crippen molar-refractivity contribution >= 4 is 22.7 Å². The largest absolute Gasteiger partial charge is 0.360 e. The molecule has 3 heterocycles. The molecule has 27 heavy (non-hydrogen) atoms. The molecule has 1 saturated carbocycles. The summed E-state index contributed by atoms with van der Waals surface area (Å²) in [6.07, 6.45) is 10.6. The predicted molar refractivity (Wildman–Crippen MR) is 103 cm³/mol. The lowest BCUT2D eigenvalue weighted by molar-refractivity contribution is -0.127. The van der Waals surface area contributed by atoms with Gasteiger partial charge in [0.1, 0.15) is 0 Å². The van der Waals surface area contributed by atoms with E-state index in [9.17, 15) is 9.59 Å².